The Morgan fingerprint density at radius 1 is 1.48 bits per heavy atom. The summed E-state index contributed by atoms with van der Waals surface area (Å²) < 4.78 is 5.39. The number of rotatable bonds is 3. The summed E-state index contributed by atoms with van der Waals surface area (Å²) in [4.78, 5) is 24.2. The first-order valence-electron chi connectivity index (χ1n) is 7.60. The van der Waals surface area contributed by atoms with Crippen LogP contribution >= 0.6 is 11.6 Å². The fourth-order valence-corrected chi connectivity index (χ4v) is 2.55. The maximum absolute atomic E-state index is 12.1. The van der Waals surface area contributed by atoms with Crippen molar-refractivity contribution >= 4 is 29.5 Å². The molecule has 1 amide bonds. The average Bonchev–Trinajstić information content (AvgIpc) is 2.87. The summed E-state index contributed by atoms with van der Waals surface area (Å²) in [5, 5.41) is 3.76. The Labute approximate surface area is 142 Å². The van der Waals surface area contributed by atoms with Gasteiger partial charge in [-0.1, -0.05) is 11.6 Å². The van der Waals surface area contributed by atoms with Gasteiger partial charge in [-0.25, -0.2) is 9.78 Å². The van der Waals surface area contributed by atoms with Crippen LogP contribution in [0.2, 0.25) is 5.02 Å². The van der Waals surface area contributed by atoms with Crippen LogP contribution in [0.15, 0.2) is 6.20 Å². The lowest BCUT2D eigenvalue weighted by Crippen LogP contribution is -2.36. The number of carbonyl (C=O) groups is 1. The minimum Gasteiger partial charge on any atom is -0.444 e. The Bertz CT molecular complexity index is 573. The molecular weight excluding hydrogens is 318 g/mol. The topological polar surface area (TPSA) is 70.6 Å². The van der Waals surface area contributed by atoms with Crippen LogP contribution < -0.4 is 10.2 Å². The van der Waals surface area contributed by atoms with E-state index in [9.17, 15) is 4.79 Å². The third-order valence-corrected chi connectivity index (χ3v) is 3.59. The molecule has 7 nitrogen and oxygen atoms in total. The van der Waals surface area contributed by atoms with E-state index >= 15 is 0 Å². The molecule has 1 aliphatic rings. The summed E-state index contributed by atoms with van der Waals surface area (Å²) in [6.07, 6.45) is 2.11. The van der Waals surface area contributed by atoms with Crippen molar-refractivity contribution in [2.45, 2.75) is 38.8 Å². The van der Waals surface area contributed by atoms with E-state index in [1.807, 2.05) is 39.8 Å². The molecule has 1 saturated heterocycles. The lowest BCUT2D eigenvalue weighted by atomic mass is 10.2. The van der Waals surface area contributed by atoms with Crippen LogP contribution in [0.4, 0.5) is 16.6 Å². The summed E-state index contributed by atoms with van der Waals surface area (Å²) in [5.41, 5.74) is -0.484. The zero-order valence-electron chi connectivity index (χ0n) is 14.3. The van der Waals surface area contributed by atoms with Gasteiger partial charge in [-0.15, -0.1) is 0 Å². The number of halogens is 1. The van der Waals surface area contributed by atoms with Crippen LogP contribution in [0.25, 0.3) is 0 Å². The van der Waals surface area contributed by atoms with Gasteiger partial charge in [0.15, 0.2) is 5.82 Å². The summed E-state index contributed by atoms with van der Waals surface area (Å²) in [7, 11) is 3.75. The number of hydrogen-bond acceptors (Lipinski definition) is 6. The van der Waals surface area contributed by atoms with Gasteiger partial charge in [0.1, 0.15) is 10.6 Å². The van der Waals surface area contributed by atoms with Crippen molar-refractivity contribution in [3.63, 3.8) is 0 Å². The number of nitrogens with zero attached hydrogens (tertiary/aromatic N) is 4. The second kappa shape index (κ2) is 6.78. The van der Waals surface area contributed by atoms with E-state index in [-0.39, 0.29) is 12.1 Å². The average molecular weight is 342 g/mol. The quantitative estimate of drug-likeness (QED) is 0.911. The molecule has 1 aromatic rings. The highest BCUT2D eigenvalue weighted by molar-refractivity contribution is 6.32. The fraction of sp³-hybridized carbons (Fsp3) is 0.667. The summed E-state index contributed by atoms with van der Waals surface area (Å²) in [6.45, 7) is 6.81. The molecule has 2 heterocycles. The van der Waals surface area contributed by atoms with Crippen molar-refractivity contribution in [3.05, 3.63) is 11.2 Å². The van der Waals surface area contributed by atoms with Gasteiger partial charge in [0.25, 0.3) is 0 Å². The van der Waals surface area contributed by atoms with Crippen molar-refractivity contribution in [1.82, 2.24) is 14.9 Å². The van der Waals surface area contributed by atoms with E-state index in [0.29, 0.717) is 29.9 Å². The van der Waals surface area contributed by atoms with Crippen molar-refractivity contribution in [1.29, 1.82) is 0 Å². The highest BCUT2D eigenvalue weighted by Gasteiger charge is 2.30. The summed E-state index contributed by atoms with van der Waals surface area (Å²) in [5.74, 6) is 1.17. The number of hydrogen-bond donors (Lipinski definition) is 1. The number of aromatic nitrogens is 2. The molecule has 1 N–H and O–H groups in total. The zero-order valence-corrected chi connectivity index (χ0v) is 15.0. The lowest BCUT2D eigenvalue weighted by molar-refractivity contribution is 0.0293. The monoisotopic (exact) mass is 341 g/mol. The van der Waals surface area contributed by atoms with Gasteiger partial charge >= 0.3 is 6.09 Å². The first-order valence-corrected chi connectivity index (χ1v) is 7.98. The van der Waals surface area contributed by atoms with E-state index in [0.717, 1.165) is 6.42 Å². The first kappa shape index (κ1) is 17.6. The third-order valence-electron chi connectivity index (χ3n) is 3.32. The van der Waals surface area contributed by atoms with Crippen LogP contribution in [0.1, 0.15) is 27.2 Å². The molecule has 8 heteroatoms. The molecule has 0 aromatic carbocycles. The smallest absolute Gasteiger partial charge is 0.410 e. The number of ether oxygens (including phenoxy) is 1. The molecule has 0 bridgehead atoms. The Kier molecular flexibility index (Phi) is 5.19. The summed E-state index contributed by atoms with van der Waals surface area (Å²) in [6, 6.07) is 0.0960. The van der Waals surface area contributed by atoms with Gasteiger partial charge in [-0.3, -0.25) is 0 Å². The highest BCUT2D eigenvalue weighted by atomic mass is 35.5. The minimum atomic E-state index is -0.484. The number of anilines is 2. The normalized spacial score (nSPS) is 18.0. The molecule has 0 radical (unpaired) electrons. The first-order chi connectivity index (χ1) is 10.7. The predicted octanol–water partition coefficient (Wildman–Crippen LogP) is 2.62. The Hall–Kier alpha value is -1.76. The molecule has 0 unspecified atom stereocenters. The van der Waals surface area contributed by atoms with Gasteiger partial charge in [-0.2, -0.15) is 4.98 Å². The Balaban J connectivity index is 1.96. The maximum atomic E-state index is 12.1. The molecule has 0 saturated carbocycles. The van der Waals surface area contributed by atoms with Crippen molar-refractivity contribution < 1.29 is 9.53 Å². The van der Waals surface area contributed by atoms with E-state index in [1.165, 1.54) is 0 Å². The molecular formula is C15H24ClN5O2. The van der Waals surface area contributed by atoms with Crippen LogP contribution in [0, 0.1) is 0 Å². The lowest BCUT2D eigenvalue weighted by Gasteiger charge is -2.24. The highest BCUT2D eigenvalue weighted by Crippen LogP contribution is 2.23. The van der Waals surface area contributed by atoms with Crippen molar-refractivity contribution in [2.24, 2.45) is 0 Å². The minimum absolute atomic E-state index is 0.0960. The number of carbonyl (C=O) groups excluding carboxylic acids is 1. The second-order valence-corrected chi connectivity index (χ2v) is 7.22. The summed E-state index contributed by atoms with van der Waals surface area (Å²) >= 11 is 6.07. The third kappa shape index (κ3) is 4.86. The Morgan fingerprint density at radius 3 is 2.78 bits per heavy atom. The van der Waals surface area contributed by atoms with E-state index in [2.05, 4.69) is 15.3 Å². The standard InChI is InChI=1S/C15H24ClN5O2/c1-15(2,3)23-14(22)21-7-6-10(9-21)18-13-17-8-11(16)12(19-13)20(4)5/h8,10H,6-7,9H2,1-5H3,(H,17,18,19)/t10-/m1/s1. The number of amides is 1. The molecule has 1 aromatic heterocycles. The molecule has 128 valence electrons. The molecule has 1 atom stereocenters. The van der Waals surface area contributed by atoms with Crippen LogP contribution in [0.3, 0.4) is 0 Å². The van der Waals surface area contributed by atoms with Crippen molar-refractivity contribution in [2.75, 3.05) is 37.4 Å². The molecule has 0 aliphatic carbocycles. The van der Waals surface area contributed by atoms with Gasteiger partial charge in [0.05, 0.1) is 6.20 Å². The molecule has 23 heavy (non-hydrogen) atoms. The fourth-order valence-electron chi connectivity index (χ4n) is 2.29. The largest absolute Gasteiger partial charge is 0.444 e. The SMILES string of the molecule is CN(C)c1nc(N[C@@H]2CCN(C(=O)OC(C)(C)C)C2)ncc1Cl. The number of likely N-dealkylation sites (tertiary alicyclic amines) is 1. The predicted molar refractivity (Wildman–Crippen MR) is 91.2 cm³/mol. The van der Waals surface area contributed by atoms with Gasteiger partial charge < -0.3 is 19.9 Å². The molecule has 1 aliphatic heterocycles. The zero-order chi connectivity index (χ0) is 17.2. The molecule has 1 fully saturated rings. The van der Waals surface area contributed by atoms with Crippen LogP contribution in [-0.2, 0) is 4.74 Å². The Morgan fingerprint density at radius 2 is 2.17 bits per heavy atom. The molecule has 0 spiro atoms. The van der Waals surface area contributed by atoms with Gasteiger partial charge in [0.2, 0.25) is 5.95 Å². The van der Waals surface area contributed by atoms with E-state index in [1.54, 1.807) is 11.1 Å². The van der Waals surface area contributed by atoms with Gasteiger partial charge in [0, 0.05) is 33.2 Å². The van der Waals surface area contributed by atoms with E-state index in [4.69, 9.17) is 16.3 Å². The number of nitrogens with one attached hydrogen (secondary N) is 1. The van der Waals surface area contributed by atoms with Crippen molar-refractivity contribution in [3.8, 4) is 0 Å². The van der Waals surface area contributed by atoms with Crippen LogP contribution in [-0.4, -0.2) is 59.8 Å². The van der Waals surface area contributed by atoms with E-state index < -0.39 is 5.60 Å². The van der Waals surface area contributed by atoms with Crippen LogP contribution in [0.5, 0.6) is 0 Å². The maximum Gasteiger partial charge on any atom is 0.410 e. The van der Waals surface area contributed by atoms with Gasteiger partial charge in [-0.05, 0) is 27.2 Å². The molecule has 2 rings (SSSR count). The second-order valence-electron chi connectivity index (χ2n) is 6.82.